The second kappa shape index (κ2) is 7.29. The van der Waals surface area contributed by atoms with Gasteiger partial charge in [0, 0.05) is 12.2 Å². The van der Waals surface area contributed by atoms with Crippen molar-refractivity contribution in [3.63, 3.8) is 0 Å². The van der Waals surface area contributed by atoms with Crippen molar-refractivity contribution >= 4 is 17.4 Å². The minimum Gasteiger partial charge on any atom is -0.369 e. The number of aromatic nitrogens is 2. The van der Waals surface area contributed by atoms with Gasteiger partial charge in [0.2, 0.25) is 0 Å². The molecule has 2 rings (SSSR count). The van der Waals surface area contributed by atoms with Gasteiger partial charge in [0.25, 0.3) is 5.91 Å². The fourth-order valence-electron chi connectivity index (χ4n) is 1.78. The highest BCUT2D eigenvalue weighted by Crippen LogP contribution is 2.29. The van der Waals surface area contributed by atoms with Crippen molar-refractivity contribution < 1.29 is 18.0 Å². The van der Waals surface area contributed by atoms with E-state index in [1.165, 1.54) is 24.5 Å². The zero-order valence-electron chi connectivity index (χ0n) is 13.2. The van der Waals surface area contributed by atoms with Crippen LogP contribution >= 0.6 is 0 Å². The summed E-state index contributed by atoms with van der Waals surface area (Å²) in [7, 11) is 0. The molecule has 0 bridgehead atoms. The van der Waals surface area contributed by atoms with Crippen molar-refractivity contribution in [2.24, 2.45) is 5.92 Å². The Bertz CT molecular complexity index is 682. The summed E-state index contributed by atoms with van der Waals surface area (Å²) < 4.78 is 37.5. The number of amides is 1. The van der Waals surface area contributed by atoms with Gasteiger partial charge in [-0.1, -0.05) is 13.8 Å². The van der Waals surface area contributed by atoms with Crippen LogP contribution < -0.4 is 10.6 Å². The van der Waals surface area contributed by atoms with E-state index < -0.39 is 17.6 Å². The third-order valence-corrected chi connectivity index (χ3v) is 3.05. The number of benzene rings is 1. The Balaban J connectivity index is 1.99. The Morgan fingerprint density at radius 3 is 2.29 bits per heavy atom. The molecular formula is C16H17F3N4O. The van der Waals surface area contributed by atoms with Crippen LogP contribution in [0.25, 0.3) is 0 Å². The number of carbonyl (C=O) groups excluding carboxylic acids is 1. The number of carbonyl (C=O) groups is 1. The molecule has 0 atom stereocenters. The first-order valence-corrected chi connectivity index (χ1v) is 7.30. The molecule has 0 saturated heterocycles. The van der Waals surface area contributed by atoms with E-state index in [-0.39, 0.29) is 11.4 Å². The second-order valence-corrected chi connectivity index (χ2v) is 5.59. The molecule has 128 valence electrons. The molecule has 1 aromatic carbocycles. The molecule has 8 heteroatoms. The number of rotatable bonds is 5. The van der Waals surface area contributed by atoms with Crippen molar-refractivity contribution in [3.05, 3.63) is 47.9 Å². The first-order valence-electron chi connectivity index (χ1n) is 7.30. The van der Waals surface area contributed by atoms with Gasteiger partial charge in [0.15, 0.2) is 0 Å². The largest absolute Gasteiger partial charge is 0.416 e. The van der Waals surface area contributed by atoms with Crippen LogP contribution in [0, 0.1) is 5.92 Å². The van der Waals surface area contributed by atoms with Gasteiger partial charge in [-0.15, -0.1) is 0 Å². The number of alkyl halides is 3. The molecule has 0 aliphatic carbocycles. The molecule has 2 N–H and O–H groups in total. The zero-order valence-corrected chi connectivity index (χ0v) is 13.2. The zero-order chi connectivity index (χ0) is 17.7. The third-order valence-electron chi connectivity index (χ3n) is 3.05. The van der Waals surface area contributed by atoms with E-state index in [2.05, 4.69) is 20.6 Å². The van der Waals surface area contributed by atoms with E-state index >= 15 is 0 Å². The van der Waals surface area contributed by atoms with Crippen LogP contribution in [0.4, 0.5) is 24.7 Å². The summed E-state index contributed by atoms with van der Waals surface area (Å²) in [5.41, 5.74) is -0.456. The van der Waals surface area contributed by atoms with Crippen LogP contribution in [0.1, 0.15) is 29.9 Å². The Labute approximate surface area is 137 Å². The Morgan fingerprint density at radius 2 is 1.79 bits per heavy atom. The van der Waals surface area contributed by atoms with Gasteiger partial charge in [0.05, 0.1) is 18.0 Å². The predicted octanol–water partition coefficient (Wildman–Crippen LogP) is 3.82. The quantitative estimate of drug-likeness (QED) is 0.870. The second-order valence-electron chi connectivity index (χ2n) is 5.59. The summed E-state index contributed by atoms with van der Waals surface area (Å²) in [5, 5.41) is 5.55. The highest BCUT2D eigenvalue weighted by molar-refractivity contribution is 6.02. The maximum atomic E-state index is 12.5. The fourth-order valence-corrected chi connectivity index (χ4v) is 1.78. The van der Waals surface area contributed by atoms with Gasteiger partial charge in [0.1, 0.15) is 11.5 Å². The average molecular weight is 338 g/mol. The Morgan fingerprint density at radius 1 is 1.12 bits per heavy atom. The summed E-state index contributed by atoms with van der Waals surface area (Å²) in [5.74, 6) is 0.446. The van der Waals surface area contributed by atoms with Crippen molar-refractivity contribution in [2.75, 3.05) is 17.2 Å². The van der Waals surface area contributed by atoms with Gasteiger partial charge in [-0.25, -0.2) is 9.97 Å². The minimum atomic E-state index is -4.41. The van der Waals surface area contributed by atoms with E-state index in [0.717, 1.165) is 18.7 Å². The molecular weight excluding hydrogens is 321 g/mol. The molecule has 1 heterocycles. The van der Waals surface area contributed by atoms with E-state index in [0.29, 0.717) is 11.7 Å². The molecule has 0 fully saturated rings. The van der Waals surface area contributed by atoms with Crippen LogP contribution in [0.5, 0.6) is 0 Å². The molecule has 5 nitrogen and oxygen atoms in total. The highest BCUT2D eigenvalue weighted by Gasteiger charge is 2.30. The number of hydrogen-bond acceptors (Lipinski definition) is 4. The lowest BCUT2D eigenvalue weighted by Gasteiger charge is -2.09. The number of nitrogens with one attached hydrogen (secondary N) is 2. The monoisotopic (exact) mass is 338 g/mol. The van der Waals surface area contributed by atoms with Gasteiger partial charge >= 0.3 is 6.18 Å². The third kappa shape index (κ3) is 4.94. The summed E-state index contributed by atoms with van der Waals surface area (Å²) in [6, 6.07) is 4.18. The summed E-state index contributed by atoms with van der Waals surface area (Å²) in [6.07, 6.45) is -1.67. The smallest absolute Gasteiger partial charge is 0.369 e. The maximum absolute atomic E-state index is 12.5. The molecule has 0 saturated carbocycles. The molecule has 2 aromatic rings. The van der Waals surface area contributed by atoms with E-state index in [1.807, 2.05) is 13.8 Å². The molecule has 1 amide bonds. The molecule has 0 unspecified atom stereocenters. The number of hydrogen-bond donors (Lipinski definition) is 2. The summed E-state index contributed by atoms with van der Waals surface area (Å²) in [6.45, 7) is 4.82. The standard InChI is InChI=1S/C16H17F3N4O/c1-10(2)7-21-14-9-20-13(8-22-14)15(24)23-12-5-3-11(4-6-12)16(17,18)19/h3-6,8-10H,7H2,1-2H3,(H,21,22)(H,23,24). The maximum Gasteiger partial charge on any atom is 0.416 e. The molecule has 24 heavy (non-hydrogen) atoms. The predicted molar refractivity (Wildman–Crippen MR) is 84.8 cm³/mol. The van der Waals surface area contributed by atoms with Crippen LogP contribution in [0.2, 0.25) is 0 Å². The molecule has 1 aromatic heterocycles. The summed E-state index contributed by atoms with van der Waals surface area (Å²) in [4.78, 5) is 20.1. The molecule has 0 radical (unpaired) electrons. The van der Waals surface area contributed by atoms with Crippen molar-refractivity contribution in [1.29, 1.82) is 0 Å². The van der Waals surface area contributed by atoms with Crippen LogP contribution in [0.3, 0.4) is 0 Å². The average Bonchev–Trinajstić information content (AvgIpc) is 2.53. The van der Waals surface area contributed by atoms with Crippen LogP contribution in [-0.4, -0.2) is 22.4 Å². The first kappa shape index (κ1) is 17.7. The lowest BCUT2D eigenvalue weighted by atomic mass is 10.2. The van der Waals surface area contributed by atoms with Gasteiger partial charge < -0.3 is 10.6 Å². The van der Waals surface area contributed by atoms with Crippen LogP contribution in [0.15, 0.2) is 36.7 Å². The first-order chi connectivity index (χ1) is 11.3. The molecule has 0 aliphatic rings. The highest BCUT2D eigenvalue weighted by atomic mass is 19.4. The van der Waals surface area contributed by atoms with Crippen molar-refractivity contribution in [3.8, 4) is 0 Å². The minimum absolute atomic E-state index is 0.0741. The van der Waals surface area contributed by atoms with E-state index in [1.54, 1.807) is 0 Å². The van der Waals surface area contributed by atoms with Crippen molar-refractivity contribution in [1.82, 2.24) is 9.97 Å². The lowest BCUT2D eigenvalue weighted by Crippen LogP contribution is -2.15. The van der Waals surface area contributed by atoms with E-state index in [9.17, 15) is 18.0 Å². The molecule has 0 spiro atoms. The van der Waals surface area contributed by atoms with Gasteiger partial charge in [-0.3, -0.25) is 4.79 Å². The lowest BCUT2D eigenvalue weighted by molar-refractivity contribution is -0.137. The number of halogens is 3. The SMILES string of the molecule is CC(C)CNc1cnc(C(=O)Nc2ccc(C(F)(F)F)cc2)cn1. The fraction of sp³-hybridized carbons (Fsp3) is 0.312. The number of nitrogens with zero attached hydrogens (tertiary/aromatic N) is 2. The Kier molecular flexibility index (Phi) is 5.38. The topological polar surface area (TPSA) is 66.9 Å². The normalized spacial score (nSPS) is 11.4. The van der Waals surface area contributed by atoms with Gasteiger partial charge in [-0.05, 0) is 30.2 Å². The van der Waals surface area contributed by atoms with Crippen molar-refractivity contribution in [2.45, 2.75) is 20.0 Å². The summed E-state index contributed by atoms with van der Waals surface area (Å²) >= 11 is 0. The van der Waals surface area contributed by atoms with E-state index in [4.69, 9.17) is 0 Å². The molecule has 0 aliphatic heterocycles. The van der Waals surface area contributed by atoms with Gasteiger partial charge in [-0.2, -0.15) is 13.2 Å². The Hall–Kier alpha value is -2.64. The van der Waals surface area contributed by atoms with Crippen LogP contribution in [-0.2, 0) is 6.18 Å². The number of anilines is 2.